The number of aromatic nitrogens is 1. The molecule has 0 fully saturated rings. The van der Waals surface area contributed by atoms with Gasteiger partial charge in [0.15, 0.2) is 11.9 Å². The summed E-state index contributed by atoms with van der Waals surface area (Å²) >= 11 is 0. The summed E-state index contributed by atoms with van der Waals surface area (Å²) in [5.41, 5.74) is 1.97. The van der Waals surface area contributed by atoms with Crippen LogP contribution in [0.1, 0.15) is 5.56 Å². The average Bonchev–Trinajstić information content (AvgIpc) is 2.07. The van der Waals surface area contributed by atoms with Gasteiger partial charge in [0.2, 0.25) is 0 Å². The first-order chi connectivity index (χ1) is 5.79. The summed E-state index contributed by atoms with van der Waals surface area (Å²) in [6, 6.07) is 7.50. The van der Waals surface area contributed by atoms with Crippen LogP contribution < -0.4 is 4.98 Å². The number of rotatable bonds is 0. The number of aromatic hydroxyl groups is 1. The van der Waals surface area contributed by atoms with Gasteiger partial charge in [0.1, 0.15) is 0 Å². The monoisotopic (exact) mass is 160 g/mol. The predicted octanol–water partition coefficient (Wildman–Crippen LogP) is 1.67. The third-order valence-electron chi connectivity index (χ3n) is 2.03. The van der Waals surface area contributed by atoms with Crippen molar-refractivity contribution in [2.45, 2.75) is 6.92 Å². The number of H-pyrrole nitrogens is 1. The molecule has 0 radical (unpaired) electrons. The van der Waals surface area contributed by atoms with Gasteiger partial charge >= 0.3 is 0 Å². The van der Waals surface area contributed by atoms with Gasteiger partial charge in [0, 0.05) is 6.07 Å². The van der Waals surface area contributed by atoms with Gasteiger partial charge in [0.05, 0.1) is 5.39 Å². The molecule has 0 atom stereocenters. The van der Waals surface area contributed by atoms with Gasteiger partial charge < -0.3 is 5.11 Å². The molecular formula is C10H10NO+. The Bertz CT molecular complexity index is 382. The van der Waals surface area contributed by atoms with Crippen LogP contribution in [-0.2, 0) is 0 Å². The Morgan fingerprint density at radius 1 is 1.25 bits per heavy atom. The van der Waals surface area contributed by atoms with E-state index in [4.69, 9.17) is 0 Å². The second kappa shape index (κ2) is 2.48. The van der Waals surface area contributed by atoms with E-state index < -0.39 is 0 Å². The normalized spacial score (nSPS) is 10.4. The van der Waals surface area contributed by atoms with E-state index in [1.807, 2.05) is 31.3 Å². The maximum absolute atomic E-state index is 9.46. The highest BCUT2D eigenvalue weighted by molar-refractivity contribution is 5.83. The Balaban J connectivity index is 2.94. The van der Waals surface area contributed by atoms with Crippen molar-refractivity contribution in [3.8, 4) is 5.75 Å². The molecule has 0 aliphatic heterocycles. The van der Waals surface area contributed by atoms with Crippen LogP contribution in [0, 0.1) is 6.92 Å². The van der Waals surface area contributed by atoms with E-state index in [1.54, 1.807) is 6.07 Å². The van der Waals surface area contributed by atoms with Gasteiger partial charge in [-0.2, -0.15) is 0 Å². The molecule has 0 spiro atoms. The molecule has 0 unspecified atom stereocenters. The summed E-state index contributed by atoms with van der Waals surface area (Å²) in [4.78, 5) is 3.01. The molecule has 60 valence electrons. The van der Waals surface area contributed by atoms with E-state index in [2.05, 4.69) is 4.98 Å². The largest absolute Gasteiger partial charge is 0.502 e. The SMILES string of the molecule is Cc1cc[nH+]c2c(O)cccc12. The number of phenols is 1. The number of fused-ring (bicyclic) bond motifs is 1. The van der Waals surface area contributed by atoms with Gasteiger partial charge in [-0.1, -0.05) is 6.07 Å². The summed E-state index contributed by atoms with van der Waals surface area (Å²) < 4.78 is 0. The molecule has 12 heavy (non-hydrogen) atoms. The number of aromatic amines is 1. The van der Waals surface area contributed by atoms with Crippen molar-refractivity contribution in [2.24, 2.45) is 0 Å². The number of hydrogen-bond acceptors (Lipinski definition) is 1. The number of phenolic OH excluding ortho intramolecular Hbond substituents is 1. The highest BCUT2D eigenvalue weighted by Gasteiger charge is 2.06. The lowest BCUT2D eigenvalue weighted by Gasteiger charge is -1.96. The van der Waals surface area contributed by atoms with Crippen LogP contribution in [0.5, 0.6) is 5.75 Å². The van der Waals surface area contributed by atoms with Gasteiger partial charge in [-0.05, 0) is 24.6 Å². The Kier molecular flexibility index (Phi) is 1.47. The summed E-state index contributed by atoms with van der Waals surface area (Å²) in [5, 5.41) is 10.5. The minimum Gasteiger partial charge on any atom is -0.502 e. The van der Waals surface area contributed by atoms with E-state index in [1.165, 1.54) is 5.56 Å². The van der Waals surface area contributed by atoms with E-state index in [0.29, 0.717) is 5.75 Å². The first-order valence-corrected chi connectivity index (χ1v) is 3.88. The van der Waals surface area contributed by atoms with Crippen LogP contribution >= 0.6 is 0 Å². The maximum atomic E-state index is 9.46. The van der Waals surface area contributed by atoms with Gasteiger partial charge in [-0.15, -0.1) is 0 Å². The summed E-state index contributed by atoms with van der Waals surface area (Å²) in [6.07, 6.45) is 1.83. The molecule has 1 heterocycles. The van der Waals surface area contributed by atoms with E-state index in [0.717, 1.165) is 10.9 Å². The van der Waals surface area contributed by atoms with Gasteiger partial charge in [0.25, 0.3) is 5.52 Å². The van der Waals surface area contributed by atoms with Crippen LogP contribution in [0.2, 0.25) is 0 Å². The molecule has 0 saturated carbocycles. The average molecular weight is 160 g/mol. The fourth-order valence-electron chi connectivity index (χ4n) is 1.36. The van der Waals surface area contributed by atoms with Crippen molar-refractivity contribution in [2.75, 3.05) is 0 Å². The smallest absolute Gasteiger partial charge is 0.253 e. The van der Waals surface area contributed by atoms with Crippen molar-refractivity contribution >= 4 is 10.9 Å². The molecule has 0 amide bonds. The standard InChI is InChI=1S/C10H9NO/c1-7-5-6-11-10-8(7)3-2-4-9(10)12/h2-6,12H,1H3/p+1. The number of benzene rings is 1. The molecule has 0 bridgehead atoms. The number of para-hydroxylation sites is 1. The van der Waals surface area contributed by atoms with E-state index >= 15 is 0 Å². The highest BCUT2D eigenvalue weighted by Crippen LogP contribution is 2.21. The van der Waals surface area contributed by atoms with Crippen LogP contribution in [0.4, 0.5) is 0 Å². The molecule has 2 nitrogen and oxygen atoms in total. The van der Waals surface area contributed by atoms with Crippen LogP contribution in [0.25, 0.3) is 10.9 Å². The third kappa shape index (κ3) is 0.925. The minimum atomic E-state index is 0.302. The lowest BCUT2D eigenvalue weighted by atomic mass is 10.1. The third-order valence-corrected chi connectivity index (χ3v) is 2.03. The fraction of sp³-hybridized carbons (Fsp3) is 0.100. The van der Waals surface area contributed by atoms with Gasteiger partial charge in [-0.3, -0.25) is 0 Å². The Morgan fingerprint density at radius 2 is 2.08 bits per heavy atom. The van der Waals surface area contributed by atoms with Crippen molar-refractivity contribution in [1.29, 1.82) is 0 Å². The molecule has 2 N–H and O–H groups in total. The second-order valence-corrected chi connectivity index (χ2v) is 2.86. The highest BCUT2D eigenvalue weighted by atomic mass is 16.3. The number of aryl methyl sites for hydroxylation is 1. The molecule has 0 saturated heterocycles. The number of pyridine rings is 1. The zero-order chi connectivity index (χ0) is 8.55. The Labute approximate surface area is 70.5 Å². The minimum absolute atomic E-state index is 0.302. The molecular weight excluding hydrogens is 150 g/mol. The van der Waals surface area contributed by atoms with Crippen molar-refractivity contribution in [3.63, 3.8) is 0 Å². The molecule has 2 rings (SSSR count). The molecule has 2 heteroatoms. The molecule has 2 aromatic rings. The fourth-order valence-corrected chi connectivity index (χ4v) is 1.36. The first kappa shape index (κ1) is 7.10. The predicted molar refractivity (Wildman–Crippen MR) is 46.9 cm³/mol. The van der Waals surface area contributed by atoms with Crippen molar-refractivity contribution in [3.05, 3.63) is 36.0 Å². The first-order valence-electron chi connectivity index (χ1n) is 3.88. The zero-order valence-electron chi connectivity index (χ0n) is 6.83. The zero-order valence-corrected chi connectivity index (χ0v) is 6.83. The summed E-state index contributed by atoms with van der Waals surface area (Å²) in [5.74, 6) is 0.302. The maximum Gasteiger partial charge on any atom is 0.253 e. The lowest BCUT2D eigenvalue weighted by molar-refractivity contribution is -0.345. The summed E-state index contributed by atoms with van der Waals surface area (Å²) in [7, 11) is 0. The van der Waals surface area contributed by atoms with Crippen molar-refractivity contribution in [1.82, 2.24) is 0 Å². The number of nitrogens with one attached hydrogen (secondary N) is 1. The Morgan fingerprint density at radius 3 is 2.83 bits per heavy atom. The molecule has 1 aromatic carbocycles. The summed E-state index contributed by atoms with van der Waals surface area (Å²) in [6.45, 7) is 2.02. The Hall–Kier alpha value is -1.57. The number of hydrogen-bond donors (Lipinski definition) is 1. The van der Waals surface area contributed by atoms with Gasteiger partial charge in [-0.25, -0.2) is 4.98 Å². The van der Waals surface area contributed by atoms with Crippen LogP contribution in [-0.4, -0.2) is 5.11 Å². The van der Waals surface area contributed by atoms with Crippen molar-refractivity contribution < 1.29 is 10.1 Å². The quantitative estimate of drug-likeness (QED) is 0.625. The second-order valence-electron chi connectivity index (χ2n) is 2.86. The lowest BCUT2D eigenvalue weighted by Crippen LogP contribution is -2.02. The molecule has 0 aliphatic rings. The topological polar surface area (TPSA) is 34.4 Å². The van der Waals surface area contributed by atoms with E-state index in [9.17, 15) is 5.11 Å². The molecule has 1 aromatic heterocycles. The van der Waals surface area contributed by atoms with E-state index in [-0.39, 0.29) is 0 Å². The van der Waals surface area contributed by atoms with Crippen LogP contribution in [0.15, 0.2) is 30.5 Å². The van der Waals surface area contributed by atoms with Crippen LogP contribution in [0.3, 0.4) is 0 Å². The molecule has 0 aliphatic carbocycles.